The van der Waals surface area contributed by atoms with Crippen LogP contribution in [0.25, 0.3) is 0 Å². The van der Waals surface area contributed by atoms with Crippen LogP contribution in [0.4, 0.5) is 0 Å². The summed E-state index contributed by atoms with van der Waals surface area (Å²) in [5, 5.41) is 0. The molecule has 55 heavy (non-hydrogen) atoms. The smallest absolute Gasteiger partial charge is 0.306 e. The van der Waals surface area contributed by atoms with Crippen LogP contribution in [0.3, 0.4) is 0 Å². The first-order valence-corrected chi connectivity index (χ1v) is 24.2. The molecule has 6 heteroatoms. The molecule has 0 aliphatic rings. The number of carbonyl (C=O) groups is 3. The van der Waals surface area contributed by atoms with Crippen molar-refractivity contribution in [1.82, 2.24) is 0 Å². The Hall–Kier alpha value is -1.59. The van der Waals surface area contributed by atoms with Gasteiger partial charge >= 0.3 is 17.9 Å². The molecule has 0 aromatic carbocycles. The zero-order chi connectivity index (χ0) is 40.5. The summed E-state index contributed by atoms with van der Waals surface area (Å²) in [7, 11) is 0. The van der Waals surface area contributed by atoms with E-state index in [-0.39, 0.29) is 31.1 Å². The number of esters is 3. The summed E-state index contributed by atoms with van der Waals surface area (Å²) in [6.07, 6.45) is 40.9. The topological polar surface area (TPSA) is 78.9 Å². The molecule has 0 saturated carbocycles. The van der Waals surface area contributed by atoms with Crippen molar-refractivity contribution in [1.29, 1.82) is 0 Å². The first-order chi connectivity index (χ1) is 26.7. The molecule has 0 aliphatic carbocycles. The lowest BCUT2D eigenvalue weighted by Gasteiger charge is -2.18. The summed E-state index contributed by atoms with van der Waals surface area (Å²) in [5.74, 6) is 0.791. The Balaban J connectivity index is 4.29. The number of carbonyl (C=O) groups excluding carboxylic acids is 3. The molecule has 0 aliphatic heterocycles. The highest BCUT2D eigenvalue weighted by molar-refractivity contribution is 5.71. The number of hydrogen-bond donors (Lipinski definition) is 0. The molecule has 0 unspecified atom stereocenters. The summed E-state index contributed by atoms with van der Waals surface area (Å²) in [6, 6.07) is 0. The summed E-state index contributed by atoms with van der Waals surface area (Å²) in [5.41, 5.74) is 0. The molecule has 0 heterocycles. The molecule has 0 rings (SSSR count). The normalized spacial score (nSPS) is 12.1. The van der Waals surface area contributed by atoms with Gasteiger partial charge in [-0.1, -0.05) is 227 Å². The van der Waals surface area contributed by atoms with E-state index < -0.39 is 6.10 Å². The Labute approximate surface area is 342 Å². The van der Waals surface area contributed by atoms with Crippen LogP contribution in [0.1, 0.15) is 266 Å². The standard InChI is InChI=1S/C49H94O6/c1-6-7-8-9-10-17-24-29-34-39-47(50)53-42-46(43-54-48(51)40-35-30-25-21-16-19-23-28-33-38-45(4)5)55-49(52)41-36-31-26-20-15-13-11-12-14-18-22-27-32-37-44(2)3/h44-46H,6-43H2,1-5H3/t46-/m0/s1. The summed E-state index contributed by atoms with van der Waals surface area (Å²) in [6.45, 7) is 11.3. The highest BCUT2D eigenvalue weighted by atomic mass is 16.6. The zero-order valence-corrected chi connectivity index (χ0v) is 37.6. The van der Waals surface area contributed by atoms with Crippen molar-refractivity contribution < 1.29 is 28.6 Å². The fourth-order valence-electron chi connectivity index (χ4n) is 7.28. The summed E-state index contributed by atoms with van der Waals surface area (Å²) < 4.78 is 16.7. The molecule has 0 N–H and O–H groups in total. The summed E-state index contributed by atoms with van der Waals surface area (Å²) in [4.78, 5) is 37.7. The van der Waals surface area contributed by atoms with Crippen LogP contribution in [-0.4, -0.2) is 37.2 Å². The van der Waals surface area contributed by atoms with Crippen LogP contribution in [0.5, 0.6) is 0 Å². The van der Waals surface area contributed by atoms with Crippen LogP contribution in [0, 0.1) is 11.8 Å². The van der Waals surface area contributed by atoms with Gasteiger partial charge in [0.2, 0.25) is 0 Å². The lowest BCUT2D eigenvalue weighted by Crippen LogP contribution is -2.30. The molecule has 1 atom stereocenters. The molecule has 0 bridgehead atoms. The van der Waals surface area contributed by atoms with E-state index in [1.807, 2.05) is 0 Å². The number of rotatable bonds is 43. The predicted molar refractivity (Wildman–Crippen MR) is 233 cm³/mol. The van der Waals surface area contributed by atoms with Crippen molar-refractivity contribution in [3.05, 3.63) is 0 Å². The van der Waals surface area contributed by atoms with Gasteiger partial charge in [-0.05, 0) is 31.1 Å². The quantitative estimate of drug-likeness (QED) is 0.0348. The van der Waals surface area contributed by atoms with Gasteiger partial charge in [-0.25, -0.2) is 0 Å². The molecule has 6 nitrogen and oxygen atoms in total. The minimum Gasteiger partial charge on any atom is -0.462 e. The van der Waals surface area contributed by atoms with Crippen LogP contribution in [0.15, 0.2) is 0 Å². The Morgan fingerprint density at radius 1 is 0.345 bits per heavy atom. The van der Waals surface area contributed by atoms with E-state index in [1.165, 1.54) is 154 Å². The van der Waals surface area contributed by atoms with E-state index in [4.69, 9.17) is 14.2 Å². The molecule has 0 spiro atoms. The third-order valence-electron chi connectivity index (χ3n) is 11.0. The SMILES string of the molecule is CCCCCCCCCCCC(=O)OC[C@@H](COC(=O)CCCCCCCCCCCC(C)C)OC(=O)CCCCCCCCCCCCCCCC(C)C. The minimum absolute atomic E-state index is 0.0646. The fourth-order valence-corrected chi connectivity index (χ4v) is 7.28. The van der Waals surface area contributed by atoms with E-state index in [0.29, 0.717) is 19.3 Å². The van der Waals surface area contributed by atoms with Gasteiger partial charge in [0.05, 0.1) is 0 Å². The van der Waals surface area contributed by atoms with Crippen molar-refractivity contribution in [3.63, 3.8) is 0 Å². The second-order valence-corrected chi connectivity index (χ2v) is 17.7. The van der Waals surface area contributed by atoms with E-state index in [9.17, 15) is 14.4 Å². The maximum absolute atomic E-state index is 12.7. The average molecular weight is 779 g/mol. The van der Waals surface area contributed by atoms with Gasteiger partial charge < -0.3 is 14.2 Å². The van der Waals surface area contributed by atoms with Crippen LogP contribution in [0.2, 0.25) is 0 Å². The number of hydrogen-bond acceptors (Lipinski definition) is 6. The van der Waals surface area contributed by atoms with Crippen LogP contribution < -0.4 is 0 Å². The lowest BCUT2D eigenvalue weighted by molar-refractivity contribution is -0.167. The average Bonchev–Trinajstić information content (AvgIpc) is 3.15. The predicted octanol–water partition coefficient (Wildman–Crippen LogP) is 15.4. The molecular formula is C49H94O6. The van der Waals surface area contributed by atoms with Gasteiger partial charge in [0.15, 0.2) is 6.10 Å². The Kier molecular flexibility index (Phi) is 40.8. The van der Waals surface area contributed by atoms with Gasteiger partial charge in [-0.15, -0.1) is 0 Å². The van der Waals surface area contributed by atoms with E-state index >= 15 is 0 Å². The molecular weight excluding hydrogens is 685 g/mol. The number of unbranched alkanes of at least 4 members (excludes halogenated alkanes) is 28. The highest BCUT2D eigenvalue weighted by Gasteiger charge is 2.19. The minimum atomic E-state index is -0.760. The Bertz CT molecular complexity index is 839. The van der Waals surface area contributed by atoms with E-state index in [1.54, 1.807) is 0 Å². The van der Waals surface area contributed by atoms with Gasteiger partial charge in [-0.3, -0.25) is 14.4 Å². The molecule has 0 aromatic heterocycles. The van der Waals surface area contributed by atoms with Crippen molar-refractivity contribution in [2.24, 2.45) is 11.8 Å². The van der Waals surface area contributed by atoms with Gasteiger partial charge in [0, 0.05) is 19.3 Å². The van der Waals surface area contributed by atoms with E-state index in [2.05, 4.69) is 34.6 Å². The van der Waals surface area contributed by atoms with Crippen molar-refractivity contribution in [2.45, 2.75) is 272 Å². The van der Waals surface area contributed by atoms with Crippen LogP contribution in [-0.2, 0) is 28.6 Å². The Morgan fingerprint density at radius 2 is 0.600 bits per heavy atom. The van der Waals surface area contributed by atoms with Crippen molar-refractivity contribution in [3.8, 4) is 0 Å². The molecule has 326 valence electrons. The largest absolute Gasteiger partial charge is 0.462 e. The maximum atomic E-state index is 12.7. The van der Waals surface area contributed by atoms with Crippen molar-refractivity contribution >= 4 is 17.9 Å². The van der Waals surface area contributed by atoms with Crippen molar-refractivity contribution in [2.75, 3.05) is 13.2 Å². The summed E-state index contributed by atoms with van der Waals surface area (Å²) >= 11 is 0. The number of ether oxygens (including phenoxy) is 3. The molecule has 0 radical (unpaired) electrons. The second kappa shape index (κ2) is 42.0. The fraction of sp³-hybridized carbons (Fsp3) is 0.939. The molecule has 0 saturated heterocycles. The first-order valence-electron chi connectivity index (χ1n) is 24.2. The van der Waals surface area contributed by atoms with Gasteiger partial charge in [0.25, 0.3) is 0 Å². The highest BCUT2D eigenvalue weighted by Crippen LogP contribution is 2.17. The monoisotopic (exact) mass is 779 g/mol. The maximum Gasteiger partial charge on any atom is 0.306 e. The lowest BCUT2D eigenvalue weighted by atomic mass is 10.0. The zero-order valence-electron chi connectivity index (χ0n) is 37.6. The third-order valence-corrected chi connectivity index (χ3v) is 11.0. The second-order valence-electron chi connectivity index (χ2n) is 17.7. The van der Waals surface area contributed by atoms with E-state index in [0.717, 1.165) is 69.6 Å². The first kappa shape index (κ1) is 53.4. The Morgan fingerprint density at radius 3 is 0.891 bits per heavy atom. The molecule has 0 amide bonds. The van der Waals surface area contributed by atoms with Crippen LogP contribution >= 0.6 is 0 Å². The van der Waals surface area contributed by atoms with Gasteiger partial charge in [0.1, 0.15) is 13.2 Å². The van der Waals surface area contributed by atoms with Gasteiger partial charge in [-0.2, -0.15) is 0 Å². The molecule has 0 fully saturated rings. The third kappa shape index (κ3) is 43.4. The molecule has 0 aromatic rings.